The number of rotatable bonds is 7. The first kappa shape index (κ1) is 17.8. The molecular formula is C20H22N4O2. The molecule has 2 N–H and O–H groups in total. The molecule has 0 radical (unpaired) electrons. The van der Waals surface area contributed by atoms with Gasteiger partial charge >= 0.3 is 0 Å². The highest BCUT2D eigenvalue weighted by Crippen LogP contribution is 2.25. The summed E-state index contributed by atoms with van der Waals surface area (Å²) >= 11 is 0. The van der Waals surface area contributed by atoms with E-state index in [-0.39, 0.29) is 12.5 Å². The third-order valence-corrected chi connectivity index (χ3v) is 4.42. The maximum Gasteiger partial charge on any atom is 0.244 e. The maximum atomic E-state index is 12.5. The van der Waals surface area contributed by atoms with Crippen LogP contribution in [-0.4, -0.2) is 32.3 Å². The Kier molecular flexibility index (Phi) is 5.43. The molecule has 2 aromatic carbocycles. The largest absolute Gasteiger partial charge is 0.383 e. The molecule has 1 aromatic heterocycles. The van der Waals surface area contributed by atoms with Gasteiger partial charge in [-0.2, -0.15) is 5.10 Å². The Morgan fingerprint density at radius 3 is 2.42 bits per heavy atom. The van der Waals surface area contributed by atoms with E-state index in [0.717, 1.165) is 11.1 Å². The van der Waals surface area contributed by atoms with E-state index in [9.17, 15) is 9.90 Å². The van der Waals surface area contributed by atoms with Crippen LogP contribution in [0.3, 0.4) is 0 Å². The minimum absolute atomic E-state index is 0.101. The molecule has 0 bridgehead atoms. The number of nitrogens with zero attached hydrogens (tertiary/aromatic N) is 3. The number of hydrogen-bond acceptors (Lipinski definition) is 4. The molecule has 0 saturated heterocycles. The smallest absolute Gasteiger partial charge is 0.244 e. The summed E-state index contributed by atoms with van der Waals surface area (Å²) in [5.41, 5.74) is 0.551. The van der Waals surface area contributed by atoms with Gasteiger partial charge in [0.2, 0.25) is 5.91 Å². The number of hydrogen-bond donors (Lipinski definition) is 2. The third-order valence-electron chi connectivity index (χ3n) is 4.42. The minimum Gasteiger partial charge on any atom is -0.383 e. The zero-order valence-electron chi connectivity index (χ0n) is 14.6. The summed E-state index contributed by atoms with van der Waals surface area (Å²) in [6.45, 7) is 1.84. The molecule has 134 valence electrons. The summed E-state index contributed by atoms with van der Waals surface area (Å²) in [6, 6.07) is 18.6. The second-order valence-electron chi connectivity index (χ2n) is 6.33. The number of aliphatic hydroxyl groups is 1. The predicted octanol–water partition coefficient (Wildman–Crippen LogP) is 2.09. The standard InChI is InChI=1S/C20H22N4O2/c1-16(24-15-21-14-23-24)19(25)22-13-20(26,18-10-6-3-7-11-18)12-17-8-4-2-5-9-17/h2-11,14-16,26H,12-13H2,1H3,(H,22,25)/t16-,20-/m1/s1. The SMILES string of the molecule is C[C@H](C(=O)NC[C@](O)(Cc1ccccc1)c1ccccc1)n1cncn1. The van der Waals surface area contributed by atoms with E-state index in [4.69, 9.17) is 0 Å². The number of carbonyl (C=O) groups is 1. The Labute approximate surface area is 152 Å². The molecule has 0 saturated carbocycles. The molecule has 1 heterocycles. The highest BCUT2D eigenvalue weighted by molar-refractivity contribution is 5.79. The average molecular weight is 350 g/mol. The zero-order valence-corrected chi connectivity index (χ0v) is 14.6. The van der Waals surface area contributed by atoms with Crippen molar-refractivity contribution in [3.63, 3.8) is 0 Å². The lowest BCUT2D eigenvalue weighted by molar-refractivity contribution is -0.125. The second-order valence-corrected chi connectivity index (χ2v) is 6.33. The summed E-state index contributed by atoms with van der Waals surface area (Å²) in [5, 5.41) is 18.2. The lowest BCUT2D eigenvalue weighted by Crippen LogP contribution is -2.44. The van der Waals surface area contributed by atoms with Crippen LogP contribution < -0.4 is 5.32 Å². The lowest BCUT2D eigenvalue weighted by atomic mass is 9.87. The molecule has 0 aliphatic rings. The first-order valence-corrected chi connectivity index (χ1v) is 8.52. The minimum atomic E-state index is -1.21. The Balaban J connectivity index is 1.77. The third kappa shape index (κ3) is 4.15. The fraction of sp³-hybridized carbons (Fsp3) is 0.250. The highest BCUT2D eigenvalue weighted by Gasteiger charge is 2.31. The van der Waals surface area contributed by atoms with Crippen molar-refractivity contribution in [1.82, 2.24) is 20.1 Å². The quantitative estimate of drug-likeness (QED) is 0.684. The van der Waals surface area contributed by atoms with Gasteiger partial charge < -0.3 is 10.4 Å². The van der Waals surface area contributed by atoms with Crippen molar-refractivity contribution in [2.75, 3.05) is 6.54 Å². The second kappa shape index (κ2) is 7.93. The van der Waals surface area contributed by atoms with E-state index in [0.29, 0.717) is 6.42 Å². The van der Waals surface area contributed by atoms with Gasteiger partial charge in [0, 0.05) is 6.42 Å². The van der Waals surface area contributed by atoms with Crippen LogP contribution in [0.5, 0.6) is 0 Å². The van der Waals surface area contributed by atoms with Crippen LogP contribution in [0.25, 0.3) is 0 Å². The number of carbonyl (C=O) groups excluding carboxylic acids is 1. The van der Waals surface area contributed by atoms with Crippen LogP contribution in [0.4, 0.5) is 0 Å². The van der Waals surface area contributed by atoms with Crippen molar-refractivity contribution in [3.05, 3.63) is 84.4 Å². The molecular weight excluding hydrogens is 328 g/mol. The molecule has 26 heavy (non-hydrogen) atoms. The lowest BCUT2D eigenvalue weighted by Gasteiger charge is -2.30. The monoisotopic (exact) mass is 350 g/mol. The van der Waals surface area contributed by atoms with E-state index in [1.807, 2.05) is 60.7 Å². The fourth-order valence-electron chi connectivity index (χ4n) is 2.87. The molecule has 0 aliphatic heterocycles. The van der Waals surface area contributed by atoms with Crippen molar-refractivity contribution >= 4 is 5.91 Å². The van der Waals surface area contributed by atoms with E-state index in [1.54, 1.807) is 6.92 Å². The molecule has 6 heteroatoms. The first-order chi connectivity index (χ1) is 12.6. The molecule has 3 rings (SSSR count). The zero-order chi connectivity index (χ0) is 18.4. The number of aromatic nitrogens is 3. The van der Waals surface area contributed by atoms with Gasteiger partial charge in [0.15, 0.2) is 0 Å². The van der Waals surface area contributed by atoms with Crippen LogP contribution in [0.15, 0.2) is 73.3 Å². The molecule has 0 unspecified atom stereocenters. The van der Waals surface area contributed by atoms with Crippen molar-refractivity contribution in [3.8, 4) is 0 Å². The summed E-state index contributed by atoms with van der Waals surface area (Å²) in [6.07, 6.45) is 3.28. The number of nitrogens with one attached hydrogen (secondary N) is 1. The van der Waals surface area contributed by atoms with Crippen LogP contribution in [-0.2, 0) is 16.8 Å². The van der Waals surface area contributed by atoms with Crippen molar-refractivity contribution < 1.29 is 9.90 Å². The normalized spacial score (nSPS) is 14.4. The summed E-state index contributed by atoms with van der Waals surface area (Å²) in [4.78, 5) is 16.3. The van der Waals surface area contributed by atoms with E-state index < -0.39 is 11.6 Å². The molecule has 6 nitrogen and oxygen atoms in total. The Morgan fingerprint density at radius 2 is 1.81 bits per heavy atom. The van der Waals surface area contributed by atoms with Crippen LogP contribution in [0, 0.1) is 0 Å². The van der Waals surface area contributed by atoms with Gasteiger partial charge in [0.25, 0.3) is 0 Å². The van der Waals surface area contributed by atoms with Crippen LogP contribution in [0.2, 0.25) is 0 Å². The summed E-state index contributed by atoms with van der Waals surface area (Å²) in [5.74, 6) is -0.224. The summed E-state index contributed by atoms with van der Waals surface area (Å²) < 4.78 is 1.48. The van der Waals surface area contributed by atoms with Gasteiger partial charge in [0.05, 0.1) is 6.54 Å². The molecule has 0 fully saturated rings. The number of benzene rings is 2. The van der Waals surface area contributed by atoms with Crippen molar-refractivity contribution in [1.29, 1.82) is 0 Å². The molecule has 3 aromatic rings. The van der Waals surface area contributed by atoms with Gasteiger partial charge in [-0.1, -0.05) is 60.7 Å². The van der Waals surface area contributed by atoms with E-state index >= 15 is 0 Å². The predicted molar refractivity (Wildman–Crippen MR) is 98.2 cm³/mol. The van der Waals surface area contributed by atoms with Crippen LogP contribution in [0.1, 0.15) is 24.1 Å². The van der Waals surface area contributed by atoms with Gasteiger partial charge in [-0.3, -0.25) is 4.79 Å². The molecule has 0 aliphatic carbocycles. The fourth-order valence-corrected chi connectivity index (χ4v) is 2.87. The van der Waals surface area contributed by atoms with Gasteiger partial charge in [-0.05, 0) is 18.1 Å². The topological polar surface area (TPSA) is 80.0 Å². The summed E-state index contributed by atoms with van der Waals surface area (Å²) in [7, 11) is 0. The Bertz CT molecular complexity index is 822. The number of amides is 1. The highest BCUT2D eigenvalue weighted by atomic mass is 16.3. The van der Waals surface area contributed by atoms with E-state index in [1.165, 1.54) is 17.3 Å². The molecule has 1 amide bonds. The van der Waals surface area contributed by atoms with Gasteiger partial charge in [-0.15, -0.1) is 0 Å². The van der Waals surface area contributed by atoms with E-state index in [2.05, 4.69) is 15.4 Å². The van der Waals surface area contributed by atoms with Gasteiger partial charge in [-0.25, -0.2) is 9.67 Å². The molecule has 0 spiro atoms. The van der Waals surface area contributed by atoms with Gasteiger partial charge in [0.1, 0.15) is 24.3 Å². The molecule has 2 atom stereocenters. The average Bonchev–Trinajstić information content (AvgIpc) is 3.22. The Hall–Kier alpha value is -2.99. The van der Waals surface area contributed by atoms with Crippen LogP contribution >= 0.6 is 0 Å². The first-order valence-electron chi connectivity index (χ1n) is 8.52. The maximum absolute atomic E-state index is 12.5. The van der Waals surface area contributed by atoms with Crippen molar-refractivity contribution in [2.45, 2.75) is 25.0 Å². The Morgan fingerprint density at radius 1 is 1.15 bits per heavy atom. The van der Waals surface area contributed by atoms with Crippen molar-refractivity contribution in [2.24, 2.45) is 0 Å².